The van der Waals surface area contributed by atoms with Gasteiger partial charge in [-0.2, -0.15) is 13.2 Å². The van der Waals surface area contributed by atoms with Crippen molar-refractivity contribution in [3.8, 4) is 0 Å². The first kappa shape index (κ1) is 23.2. The fourth-order valence-electron chi connectivity index (χ4n) is 4.40. The summed E-state index contributed by atoms with van der Waals surface area (Å²) in [7, 11) is 0. The van der Waals surface area contributed by atoms with Gasteiger partial charge < -0.3 is 5.11 Å². The summed E-state index contributed by atoms with van der Waals surface area (Å²) < 4.78 is 38.6. The van der Waals surface area contributed by atoms with Crippen molar-refractivity contribution in [1.29, 1.82) is 0 Å². The Labute approximate surface area is 193 Å². The lowest BCUT2D eigenvalue weighted by Gasteiger charge is -2.16. The van der Waals surface area contributed by atoms with Gasteiger partial charge in [0.25, 0.3) is 0 Å². The molecule has 1 aliphatic rings. The Morgan fingerprint density at radius 2 is 1.58 bits per heavy atom. The van der Waals surface area contributed by atoms with Crippen LogP contribution in [0.25, 0.3) is 0 Å². The van der Waals surface area contributed by atoms with Crippen LogP contribution in [0.4, 0.5) is 13.2 Å². The zero-order chi connectivity index (χ0) is 24.0. The molecule has 2 aromatic carbocycles. The molecule has 0 unspecified atom stereocenters. The first-order valence-corrected chi connectivity index (χ1v) is 11.4. The highest BCUT2D eigenvalue weighted by Gasteiger charge is 2.46. The van der Waals surface area contributed by atoms with Crippen LogP contribution in [0.5, 0.6) is 0 Å². The maximum Gasteiger partial charge on any atom is 0.416 e. The largest absolute Gasteiger partial charge is 0.478 e. The Balaban J connectivity index is 1.57. The number of halogens is 3. The number of rotatable bonds is 7. The van der Waals surface area contributed by atoms with E-state index in [0.29, 0.717) is 18.4 Å². The van der Waals surface area contributed by atoms with Gasteiger partial charge in [-0.1, -0.05) is 24.3 Å². The van der Waals surface area contributed by atoms with Gasteiger partial charge in [-0.05, 0) is 74.1 Å². The molecular weight excluding hydrogens is 449 g/mol. The number of carbonyl (C=O) groups is 2. The van der Waals surface area contributed by atoms with Crippen LogP contribution in [-0.2, 0) is 18.0 Å². The van der Waals surface area contributed by atoms with Crippen LogP contribution in [0, 0.1) is 13.8 Å². The molecule has 4 rings (SSSR count). The lowest BCUT2D eigenvalue weighted by atomic mass is 9.86. The van der Waals surface area contributed by atoms with E-state index in [1.165, 1.54) is 23.5 Å². The number of aryl methyl sites for hydroxylation is 2. The van der Waals surface area contributed by atoms with Gasteiger partial charge in [-0.25, -0.2) is 4.79 Å². The molecule has 0 atom stereocenters. The molecule has 0 spiro atoms. The van der Waals surface area contributed by atoms with Crippen molar-refractivity contribution in [1.82, 2.24) is 0 Å². The molecule has 1 aromatic heterocycles. The van der Waals surface area contributed by atoms with Crippen molar-refractivity contribution in [2.75, 3.05) is 0 Å². The third kappa shape index (κ3) is 4.74. The summed E-state index contributed by atoms with van der Waals surface area (Å²) in [6, 6.07) is 11.8. The van der Waals surface area contributed by atoms with Crippen LogP contribution in [0.2, 0.25) is 0 Å². The van der Waals surface area contributed by atoms with Gasteiger partial charge in [0.1, 0.15) is 0 Å². The van der Waals surface area contributed by atoms with Crippen LogP contribution >= 0.6 is 11.3 Å². The zero-order valence-corrected chi connectivity index (χ0v) is 19.1. The molecule has 1 saturated carbocycles. The molecule has 1 heterocycles. The maximum absolute atomic E-state index is 13.4. The van der Waals surface area contributed by atoms with Crippen molar-refractivity contribution in [2.45, 2.75) is 51.1 Å². The Bertz CT molecular complexity index is 1200. The minimum absolute atomic E-state index is 0.0265. The van der Waals surface area contributed by atoms with Gasteiger partial charge in [0.2, 0.25) is 0 Å². The topological polar surface area (TPSA) is 54.4 Å². The summed E-state index contributed by atoms with van der Waals surface area (Å²) in [6.45, 7) is 3.84. The third-order valence-corrected chi connectivity index (χ3v) is 7.49. The van der Waals surface area contributed by atoms with Crippen molar-refractivity contribution < 1.29 is 27.9 Å². The number of Topliss-reactive ketones (excluding diaryl/α,β-unsaturated/α-hetero) is 1. The van der Waals surface area contributed by atoms with Crippen molar-refractivity contribution in [3.63, 3.8) is 0 Å². The Morgan fingerprint density at radius 3 is 2.09 bits per heavy atom. The van der Waals surface area contributed by atoms with Crippen molar-refractivity contribution >= 4 is 23.1 Å². The summed E-state index contributed by atoms with van der Waals surface area (Å²) >= 11 is 1.53. The minimum atomic E-state index is -4.38. The van der Waals surface area contributed by atoms with E-state index in [9.17, 15) is 22.8 Å². The molecule has 1 aliphatic carbocycles. The first-order chi connectivity index (χ1) is 15.5. The average Bonchev–Trinajstić information content (AvgIpc) is 3.47. The first-order valence-electron chi connectivity index (χ1n) is 10.6. The van der Waals surface area contributed by atoms with Crippen LogP contribution in [0.1, 0.15) is 72.0 Å². The predicted molar refractivity (Wildman–Crippen MR) is 121 cm³/mol. The van der Waals surface area contributed by atoms with E-state index >= 15 is 0 Å². The highest BCUT2D eigenvalue weighted by molar-refractivity contribution is 7.12. The molecule has 0 saturated heterocycles. The number of alkyl halides is 3. The lowest BCUT2D eigenvalue weighted by molar-refractivity contribution is -0.137. The molecule has 7 heteroatoms. The van der Waals surface area contributed by atoms with Gasteiger partial charge in [0.05, 0.1) is 11.1 Å². The summed E-state index contributed by atoms with van der Waals surface area (Å²) in [6.07, 6.45) is -1.93. The second-order valence-electron chi connectivity index (χ2n) is 8.70. The smallest absolute Gasteiger partial charge is 0.416 e. The van der Waals surface area contributed by atoms with Crippen molar-refractivity contribution in [2.24, 2.45) is 0 Å². The molecule has 3 aromatic rings. The number of carboxylic acid groups (broad SMARTS) is 1. The normalized spacial score (nSPS) is 14.8. The number of ketones is 1. The van der Waals surface area contributed by atoms with E-state index in [4.69, 9.17) is 5.11 Å². The summed E-state index contributed by atoms with van der Waals surface area (Å²) in [4.78, 5) is 26.5. The van der Waals surface area contributed by atoms with E-state index in [1.807, 2.05) is 13.8 Å². The maximum atomic E-state index is 13.4. The quantitative estimate of drug-likeness (QED) is 0.378. The van der Waals surface area contributed by atoms with E-state index in [2.05, 4.69) is 0 Å². The number of hydrogen-bond donors (Lipinski definition) is 1. The molecular formula is C26H23F3O3S. The summed E-state index contributed by atoms with van der Waals surface area (Å²) in [5.41, 5.74) is 2.49. The Hall–Kier alpha value is -2.93. The van der Waals surface area contributed by atoms with E-state index in [0.717, 1.165) is 51.4 Å². The number of aromatic carboxylic acids is 1. The lowest BCUT2D eigenvalue weighted by Crippen LogP contribution is -2.15. The number of carbonyl (C=O) groups excluding carboxylic acids is 1. The molecule has 172 valence electrons. The number of carboxylic acids is 1. The van der Waals surface area contributed by atoms with E-state index in [-0.39, 0.29) is 16.8 Å². The van der Waals surface area contributed by atoms with Gasteiger partial charge >= 0.3 is 12.1 Å². The second kappa shape index (κ2) is 8.45. The Morgan fingerprint density at radius 1 is 0.970 bits per heavy atom. The molecule has 0 bridgehead atoms. The zero-order valence-electron chi connectivity index (χ0n) is 18.3. The van der Waals surface area contributed by atoms with E-state index < -0.39 is 17.7 Å². The summed E-state index contributed by atoms with van der Waals surface area (Å²) in [5.74, 6) is -0.960. The number of hydrogen-bond acceptors (Lipinski definition) is 3. The van der Waals surface area contributed by atoms with E-state index in [1.54, 1.807) is 24.3 Å². The molecule has 0 aliphatic heterocycles. The second-order valence-corrected chi connectivity index (χ2v) is 10.1. The van der Waals surface area contributed by atoms with Gasteiger partial charge in [-0.3, -0.25) is 4.79 Å². The molecule has 1 fully saturated rings. The Kier molecular flexibility index (Phi) is 5.95. The SMILES string of the molecule is Cc1sc(C)c(C(=O)CC2(c3ccc(C(=O)O)cc3)CC2)c1Cc1ccc(C(F)(F)F)cc1. The molecule has 3 nitrogen and oxygen atoms in total. The fourth-order valence-corrected chi connectivity index (χ4v) is 5.50. The third-order valence-electron chi connectivity index (χ3n) is 6.42. The molecule has 1 N–H and O–H groups in total. The van der Waals surface area contributed by atoms with Crippen LogP contribution < -0.4 is 0 Å². The minimum Gasteiger partial charge on any atom is -0.478 e. The van der Waals surface area contributed by atoms with Gasteiger partial charge in [0, 0.05) is 27.2 Å². The van der Waals surface area contributed by atoms with Gasteiger partial charge in [-0.15, -0.1) is 11.3 Å². The predicted octanol–water partition coefficient (Wildman–Crippen LogP) is 6.98. The van der Waals surface area contributed by atoms with Crippen LogP contribution in [0.15, 0.2) is 48.5 Å². The highest BCUT2D eigenvalue weighted by atomic mass is 32.1. The highest BCUT2D eigenvalue weighted by Crippen LogP contribution is 2.52. The van der Waals surface area contributed by atoms with Crippen LogP contribution in [-0.4, -0.2) is 16.9 Å². The fraction of sp³-hybridized carbons (Fsp3) is 0.308. The standard InChI is InChI=1S/C26H23F3O3S/c1-15-21(13-17-3-7-20(8-4-17)26(27,28)29)23(16(2)33-15)22(30)14-25(11-12-25)19-9-5-18(6-10-19)24(31)32/h3-10H,11-14H2,1-2H3,(H,31,32). The monoisotopic (exact) mass is 472 g/mol. The van der Waals surface area contributed by atoms with Gasteiger partial charge in [0.15, 0.2) is 5.78 Å². The molecule has 0 amide bonds. The molecule has 0 radical (unpaired) electrons. The summed E-state index contributed by atoms with van der Waals surface area (Å²) in [5, 5.41) is 9.12. The van der Waals surface area contributed by atoms with Crippen LogP contribution in [0.3, 0.4) is 0 Å². The average molecular weight is 473 g/mol. The van der Waals surface area contributed by atoms with Crippen molar-refractivity contribution in [3.05, 3.63) is 91.7 Å². The number of benzene rings is 2. The number of thiophene rings is 1. The molecule has 33 heavy (non-hydrogen) atoms.